The fourth-order valence-corrected chi connectivity index (χ4v) is 4.20. The first-order valence-corrected chi connectivity index (χ1v) is 7.93. The molecule has 4 rings (SSSR count). The molecule has 2 bridgehead atoms. The van der Waals surface area contributed by atoms with Crippen molar-refractivity contribution in [3.05, 3.63) is 29.3 Å². The molecule has 0 radical (unpaired) electrons. The van der Waals surface area contributed by atoms with E-state index in [0.717, 1.165) is 44.5 Å². The Morgan fingerprint density at radius 2 is 2.05 bits per heavy atom. The van der Waals surface area contributed by atoms with E-state index < -0.39 is 5.60 Å². The molecule has 0 saturated carbocycles. The molecule has 3 heteroatoms. The number of piperidine rings is 1. The van der Waals surface area contributed by atoms with Crippen molar-refractivity contribution >= 4 is 0 Å². The van der Waals surface area contributed by atoms with Crippen LogP contribution < -0.4 is 10.1 Å². The fourth-order valence-electron chi connectivity index (χ4n) is 4.20. The number of benzene rings is 1. The highest BCUT2D eigenvalue weighted by atomic mass is 16.5. The number of aliphatic hydroxyl groups is 1. The normalized spacial score (nSPS) is 34.9. The summed E-state index contributed by atoms with van der Waals surface area (Å²) in [7, 11) is 0. The van der Waals surface area contributed by atoms with E-state index in [1.54, 1.807) is 0 Å². The molecular formula is C17H23NO2. The van der Waals surface area contributed by atoms with Crippen LogP contribution in [0.3, 0.4) is 0 Å². The lowest BCUT2D eigenvalue weighted by Gasteiger charge is -2.37. The molecule has 2 atom stereocenters. The van der Waals surface area contributed by atoms with E-state index in [1.807, 2.05) is 0 Å². The molecule has 3 nitrogen and oxygen atoms in total. The molecule has 0 amide bonds. The summed E-state index contributed by atoms with van der Waals surface area (Å²) in [5.74, 6) is 1.05. The van der Waals surface area contributed by atoms with Crippen LogP contribution in [0.15, 0.2) is 18.2 Å². The Bertz CT molecular complexity index is 502. The number of ether oxygens (including phenoxy) is 1. The molecule has 3 aliphatic heterocycles. The van der Waals surface area contributed by atoms with Crippen molar-refractivity contribution in [1.82, 2.24) is 5.32 Å². The Balaban J connectivity index is 1.42. The Morgan fingerprint density at radius 3 is 2.85 bits per heavy atom. The van der Waals surface area contributed by atoms with Crippen LogP contribution in [0.2, 0.25) is 0 Å². The first-order chi connectivity index (χ1) is 9.70. The number of hydrogen-bond donors (Lipinski definition) is 2. The van der Waals surface area contributed by atoms with Crippen LogP contribution in [0.4, 0.5) is 0 Å². The molecule has 3 aliphatic rings. The molecular weight excluding hydrogens is 250 g/mol. The van der Waals surface area contributed by atoms with Crippen molar-refractivity contribution in [2.45, 2.75) is 62.6 Å². The van der Waals surface area contributed by atoms with Crippen LogP contribution >= 0.6 is 0 Å². The van der Waals surface area contributed by atoms with Gasteiger partial charge in [0.25, 0.3) is 0 Å². The van der Waals surface area contributed by atoms with Crippen molar-refractivity contribution in [2.24, 2.45) is 0 Å². The van der Waals surface area contributed by atoms with Crippen molar-refractivity contribution in [3.8, 4) is 5.75 Å². The van der Waals surface area contributed by atoms with Gasteiger partial charge in [0.2, 0.25) is 0 Å². The van der Waals surface area contributed by atoms with Gasteiger partial charge in [0, 0.05) is 18.5 Å². The van der Waals surface area contributed by atoms with E-state index in [0.29, 0.717) is 12.1 Å². The zero-order valence-corrected chi connectivity index (χ0v) is 11.9. The van der Waals surface area contributed by atoms with Gasteiger partial charge in [-0.05, 0) is 55.7 Å². The zero-order chi connectivity index (χ0) is 13.6. The second kappa shape index (κ2) is 4.74. The topological polar surface area (TPSA) is 41.5 Å². The van der Waals surface area contributed by atoms with Gasteiger partial charge in [-0.1, -0.05) is 12.1 Å². The molecule has 1 aromatic rings. The summed E-state index contributed by atoms with van der Waals surface area (Å²) in [5, 5.41) is 14.4. The highest BCUT2D eigenvalue weighted by Crippen LogP contribution is 2.37. The SMILES string of the molecule is OC1(CCc2ccc3c(c2)CCO3)CC2CCC(C1)N2. The van der Waals surface area contributed by atoms with Gasteiger partial charge in [-0.15, -0.1) is 0 Å². The molecule has 2 unspecified atom stereocenters. The largest absolute Gasteiger partial charge is 0.493 e. The third-order valence-corrected chi connectivity index (χ3v) is 5.22. The lowest BCUT2D eigenvalue weighted by molar-refractivity contribution is -0.0136. The summed E-state index contributed by atoms with van der Waals surface area (Å²) < 4.78 is 5.55. The quantitative estimate of drug-likeness (QED) is 0.887. The average molecular weight is 273 g/mol. The van der Waals surface area contributed by atoms with Gasteiger partial charge in [-0.2, -0.15) is 0 Å². The van der Waals surface area contributed by atoms with Crippen LogP contribution in [0, 0.1) is 0 Å². The fraction of sp³-hybridized carbons (Fsp3) is 0.647. The lowest BCUT2D eigenvalue weighted by atomic mass is 9.82. The molecule has 2 N–H and O–H groups in total. The van der Waals surface area contributed by atoms with Gasteiger partial charge in [-0.3, -0.25) is 0 Å². The maximum atomic E-state index is 10.8. The Kier molecular flexibility index (Phi) is 3.00. The average Bonchev–Trinajstić information content (AvgIpc) is 3.02. The summed E-state index contributed by atoms with van der Waals surface area (Å²) >= 11 is 0. The van der Waals surface area contributed by atoms with Crippen molar-refractivity contribution in [3.63, 3.8) is 0 Å². The second-order valence-corrected chi connectivity index (χ2v) is 6.81. The molecule has 20 heavy (non-hydrogen) atoms. The number of aryl methyl sites for hydroxylation is 1. The highest BCUT2D eigenvalue weighted by Gasteiger charge is 2.41. The molecule has 3 heterocycles. The lowest BCUT2D eigenvalue weighted by Crippen LogP contribution is -2.48. The predicted octanol–water partition coefficient (Wildman–Crippen LogP) is 2.20. The van der Waals surface area contributed by atoms with Crippen LogP contribution in [0.1, 0.15) is 43.2 Å². The van der Waals surface area contributed by atoms with E-state index >= 15 is 0 Å². The molecule has 2 fully saturated rings. The smallest absolute Gasteiger partial charge is 0.122 e. The third kappa shape index (κ3) is 2.33. The summed E-state index contributed by atoms with van der Waals surface area (Å²) in [6.07, 6.45) is 7.23. The van der Waals surface area contributed by atoms with Gasteiger partial charge in [-0.25, -0.2) is 0 Å². The Labute approximate surface area is 120 Å². The van der Waals surface area contributed by atoms with Crippen LogP contribution in [-0.2, 0) is 12.8 Å². The Morgan fingerprint density at radius 1 is 1.25 bits per heavy atom. The zero-order valence-electron chi connectivity index (χ0n) is 11.9. The van der Waals surface area contributed by atoms with Gasteiger partial charge in [0.15, 0.2) is 0 Å². The highest BCUT2D eigenvalue weighted by molar-refractivity contribution is 5.39. The van der Waals surface area contributed by atoms with Gasteiger partial charge >= 0.3 is 0 Å². The minimum absolute atomic E-state index is 0.452. The summed E-state index contributed by atoms with van der Waals surface area (Å²) in [5.41, 5.74) is 2.22. The number of fused-ring (bicyclic) bond motifs is 3. The molecule has 0 aliphatic carbocycles. The molecule has 108 valence electrons. The van der Waals surface area contributed by atoms with E-state index in [-0.39, 0.29) is 0 Å². The number of hydrogen-bond acceptors (Lipinski definition) is 3. The molecule has 0 spiro atoms. The monoisotopic (exact) mass is 273 g/mol. The van der Waals surface area contributed by atoms with Gasteiger partial charge < -0.3 is 15.2 Å². The van der Waals surface area contributed by atoms with E-state index in [2.05, 4.69) is 23.5 Å². The predicted molar refractivity (Wildman–Crippen MR) is 78.1 cm³/mol. The first kappa shape index (κ1) is 12.7. The van der Waals surface area contributed by atoms with E-state index in [4.69, 9.17) is 4.74 Å². The second-order valence-electron chi connectivity index (χ2n) is 6.81. The van der Waals surface area contributed by atoms with Crippen molar-refractivity contribution in [1.29, 1.82) is 0 Å². The van der Waals surface area contributed by atoms with Crippen LogP contribution in [0.5, 0.6) is 5.75 Å². The van der Waals surface area contributed by atoms with Crippen molar-refractivity contribution in [2.75, 3.05) is 6.61 Å². The minimum atomic E-state index is -0.452. The minimum Gasteiger partial charge on any atom is -0.493 e. The summed E-state index contributed by atoms with van der Waals surface area (Å²) in [6.45, 7) is 0.817. The summed E-state index contributed by atoms with van der Waals surface area (Å²) in [6, 6.07) is 7.61. The Hall–Kier alpha value is -1.06. The number of nitrogens with one attached hydrogen (secondary N) is 1. The van der Waals surface area contributed by atoms with E-state index in [1.165, 1.54) is 24.0 Å². The van der Waals surface area contributed by atoms with Crippen LogP contribution in [-0.4, -0.2) is 29.4 Å². The van der Waals surface area contributed by atoms with Gasteiger partial charge in [0.05, 0.1) is 12.2 Å². The molecule has 0 aromatic heterocycles. The summed E-state index contributed by atoms with van der Waals surface area (Å²) in [4.78, 5) is 0. The van der Waals surface area contributed by atoms with E-state index in [9.17, 15) is 5.11 Å². The van der Waals surface area contributed by atoms with Gasteiger partial charge in [0.1, 0.15) is 5.75 Å². The molecule has 1 aromatic carbocycles. The molecule has 2 saturated heterocycles. The van der Waals surface area contributed by atoms with Crippen molar-refractivity contribution < 1.29 is 9.84 Å². The standard InChI is InChI=1S/C17H23NO2/c19-17(10-14-2-3-15(11-17)18-14)7-5-12-1-4-16-13(9-12)6-8-20-16/h1,4,9,14-15,18-19H,2-3,5-8,10-11H2. The first-order valence-electron chi connectivity index (χ1n) is 7.93. The maximum Gasteiger partial charge on any atom is 0.122 e. The number of rotatable bonds is 3. The maximum absolute atomic E-state index is 10.8. The third-order valence-electron chi connectivity index (χ3n) is 5.22. The van der Waals surface area contributed by atoms with Crippen LogP contribution in [0.25, 0.3) is 0 Å².